The first-order valence-corrected chi connectivity index (χ1v) is 7.88. The third kappa shape index (κ3) is 4.99. The van der Waals surface area contributed by atoms with E-state index in [4.69, 9.17) is 0 Å². The summed E-state index contributed by atoms with van der Waals surface area (Å²) in [5.41, 5.74) is 4.00. The number of rotatable bonds is 5. The van der Waals surface area contributed by atoms with E-state index in [-0.39, 0.29) is 18.3 Å². The third-order valence-corrected chi connectivity index (χ3v) is 3.83. The van der Waals surface area contributed by atoms with Crippen molar-refractivity contribution in [2.75, 3.05) is 6.54 Å². The summed E-state index contributed by atoms with van der Waals surface area (Å²) in [6.45, 7) is 1.48. The molecule has 0 aliphatic carbocycles. The molecule has 2 aromatic rings. The minimum atomic E-state index is -0.461. The van der Waals surface area contributed by atoms with Gasteiger partial charge < -0.3 is 5.32 Å². The van der Waals surface area contributed by atoms with Crippen molar-refractivity contribution in [1.29, 1.82) is 0 Å². The van der Waals surface area contributed by atoms with Crippen LogP contribution in [-0.4, -0.2) is 24.1 Å². The van der Waals surface area contributed by atoms with Crippen molar-refractivity contribution in [2.45, 2.75) is 6.92 Å². The van der Waals surface area contributed by atoms with Crippen molar-refractivity contribution in [3.63, 3.8) is 0 Å². The lowest BCUT2D eigenvalue weighted by Gasteiger charge is -2.06. The van der Waals surface area contributed by atoms with Gasteiger partial charge in [-0.1, -0.05) is 24.3 Å². The molecule has 0 fully saturated rings. The predicted molar refractivity (Wildman–Crippen MR) is 93.2 cm³/mol. The lowest BCUT2D eigenvalue weighted by molar-refractivity contribution is -0.120. The Morgan fingerprint density at radius 2 is 1.79 bits per heavy atom. The molecule has 0 saturated heterocycles. The number of hydrogen-bond donors (Lipinski definition) is 2. The van der Waals surface area contributed by atoms with Crippen molar-refractivity contribution in [1.82, 2.24) is 10.7 Å². The molecule has 2 N–H and O–H groups in total. The zero-order valence-electron chi connectivity index (χ0n) is 12.8. The lowest BCUT2D eigenvalue weighted by Crippen LogP contribution is -2.35. The maximum absolute atomic E-state index is 12.9. The van der Waals surface area contributed by atoms with Crippen LogP contribution < -0.4 is 10.7 Å². The van der Waals surface area contributed by atoms with Crippen LogP contribution in [0.2, 0.25) is 0 Å². The molecule has 2 rings (SSSR count). The zero-order valence-corrected chi connectivity index (χ0v) is 14.4. The Morgan fingerprint density at radius 3 is 2.46 bits per heavy atom. The van der Waals surface area contributed by atoms with Gasteiger partial charge >= 0.3 is 0 Å². The molecular weight excluding hydrogens is 377 g/mol. The highest BCUT2D eigenvalue weighted by atomic mass is 79.9. The Kier molecular flexibility index (Phi) is 6.20. The fourth-order valence-corrected chi connectivity index (χ4v) is 2.31. The Bertz CT molecular complexity index is 776. The molecule has 0 unspecified atom stereocenters. The number of carbonyl (C=O) groups is 2. The fourth-order valence-electron chi connectivity index (χ4n) is 1.84. The SMILES string of the molecule is C/C(=N\NC(=O)CNC(=O)c1ccccc1Br)c1ccc(F)cc1. The summed E-state index contributed by atoms with van der Waals surface area (Å²) in [5, 5.41) is 6.44. The summed E-state index contributed by atoms with van der Waals surface area (Å²) in [4.78, 5) is 23.7. The van der Waals surface area contributed by atoms with Crippen molar-refractivity contribution < 1.29 is 14.0 Å². The molecule has 0 atom stereocenters. The van der Waals surface area contributed by atoms with Gasteiger partial charge in [0.1, 0.15) is 5.82 Å². The average Bonchev–Trinajstić information content (AvgIpc) is 2.58. The molecular formula is C17H15BrFN3O2. The zero-order chi connectivity index (χ0) is 17.5. The van der Waals surface area contributed by atoms with Gasteiger partial charge in [0.25, 0.3) is 11.8 Å². The van der Waals surface area contributed by atoms with Crippen LogP contribution in [0.4, 0.5) is 4.39 Å². The average molecular weight is 392 g/mol. The highest BCUT2D eigenvalue weighted by molar-refractivity contribution is 9.10. The molecule has 0 aliphatic heterocycles. The van der Waals surface area contributed by atoms with Crippen LogP contribution in [0.1, 0.15) is 22.8 Å². The van der Waals surface area contributed by atoms with E-state index >= 15 is 0 Å². The molecule has 2 aromatic carbocycles. The molecule has 24 heavy (non-hydrogen) atoms. The van der Waals surface area contributed by atoms with Crippen LogP contribution in [-0.2, 0) is 4.79 Å². The topological polar surface area (TPSA) is 70.6 Å². The first-order valence-electron chi connectivity index (χ1n) is 7.09. The second kappa shape index (κ2) is 8.35. The molecule has 124 valence electrons. The molecule has 0 bridgehead atoms. The van der Waals surface area contributed by atoms with Gasteiger partial charge in [0.15, 0.2) is 0 Å². The Morgan fingerprint density at radius 1 is 1.12 bits per heavy atom. The smallest absolute Gasteiger partial charge is 0.259 e. The van der Waals surface area contributed by atoms with Gasteiger partial charge in [0.2, 0.25) is 0 Å². The van der Waals surface area contributed by atoms with E-state index in [0.29, 0.717) is 21.3 Å². The van der Waals surface area contributed by atoms with Gasteiger partial charge in [-0.05, 0) is 52.7 Å². The number of nitrogens with one attached hydrogen (secondary N) is 2. The quantitative estimate of drug-likeness (QED) is 0.607. The van der Waals surface area contributed by atoms with E-state index in [0.717, 1.165) is 0 Å². The van der Waals surface area contributed by atoms with E-state index < -0.39 is 5.91 Å². The monoisotopic (exact) mass is 391 g/mol. The molecule has 0 saturated carbocycles. The predicted octanol–water partition coefficient (Wildman–Crippen LogP) is 2.86. The number of nitrogens with zero attached hydrogens (tertiary/aromatic N) is 1. The Hall–Kier alpha value is -2.54. The van der Waals surface area contributed by atoms with Crippen LogP contribution in [0.5, 0.6) is 0 Å². The van der Waals surface area contributed by atoms with E-state index in [2.05, 4.69) is 31.8 Å². The second-order valence-corrected chi connectivity index (χ2v) is 5.76. The van der Waals surface area contributed by atoms with Crippen molar-refractivity contribution in [2.24, 2.45) is 5.10 Å². The first kappa shape index (κ1) is 17.8. The summed E-state index contributed by atoms with van der Waals surface area (Å²) in [6, 6.07) is 12.7. The van der Waals surface area contributed by atoms with Crippen molar-refractivity contribution >= 4 is 33.5 Å². The molecule has 5 nitrogen and oxygen atoms in total. The first-order chi connectivity index (χ1) is 11.5. The van der Waals surface area contributed by atoms with Crippen LogP contribution >= 0.6 is 15.9 Å². The summed E-state index contributed by atoms with van der Waals surface area (Å²) in [7, 11) is 0. The van der Waals surface area contributed by atoms with Crippen molar-refractivity contribution in [3.05, 3.63) is 69.9 Å². The van der Waals surface area contributed by atoms with E-state index in [9.17, 15) is 14.0 Å². The Labute approximate surface area is 147 Å². The van der Waals surface area contributed by atoms with Gasteiger partial charge in [-0.3, -0.25) is 9.59 Å². The highest BCUT2D eigenvalue weighted by Gasteiger charge is 2.10. The van der Waals surface area contributed by atoms with Crippen LogP contribution in [0.3, 0.4) is 0 Å². The van der Waals surface area contributed by atoms with E-state index in [1.54, 1.807) is 43.3 Å². The normalized spacial score (nSPS) is 11.0. The third-order valence-electron chi connectivity index (χ3n) is 3.14. The van der Waals surface area contributed by atoms with Crippen LogP contribution in [0.25, 0.3) is 0 Å². The van der Waals surface area contributed by atoms with Gasteiger partial charge in [0, 0.05) is 4.47 Å². The van der Waals surface area contributed by atoms with Gasteiger partial charge in [-0.2, -0.15) is 5.10 Å². The van der Waals surface area contributed by atoms with Gasteiger partial charge in [0.05, 0.1) is 17.8 Å². The minimum Gasteiger partial charge on any atom is -0.343 e. The summed E-state index contributed by atoms with van der Waals surface area (Å²) in [6.07, 6.45) is 0. The molecule has 7 heteroatoms. The number of carbonyl (C=O) groups excluding carboxylic acids is 2. The fraction of sp³-hybridized carbons (Fsp3) is 0.118. The molecule has 0 aliphatic rings. The second-order valence-electron chi connectivity index (χ2n) is 4.90. The molecule has 2 amide bonds. The minimum absolute atomic E-state index is 0.208. The van der Waals surface area contributed by atoms with Gasteiger partial charge in [-0.15, -0.1) is 0 Å². The van der Waals surface area contributed by atoms with Crippen LogP contribution in [0.15, 0.2) is 58.1 Å². The number of benzene rings is 2. The highest BCUT2D eigenvalue weighted by Crippen LogP contribution is 2.15. The Balaban J connectivity index is 1.87. The van der Waals surface area contributed by atoms with E-state index in [1.807, 2.05) is 0 Å². The maximum atomic E-state index is 12.9. The van der Waals surface area contributed by atoms with Crippen LogP contribution in [0, 0.1) is 5.82 Å². The van der Waals surface area contributed by atoms with Crippen molar-refractivity contribution in [3.8, 4) is 0 Å². The summed E-state index contributed by atoms with van der Waals surface area (Å²) in [5.74, 6) is -1.17. The molecule has 0 spiro atoms. The molecule has 0 aromatic heterocycles. The molecule has 0 radical (unpaired) electrons. The molecule has 0 heterocycles. The standard InChI is InChI=1S/C17H15BrFN3O2/c1-11(12-6-8-13(19)9-7-12)21-22-16(23)10-20-17(24)14-4-2-3-5-15(14)18/h2-9H,10H2,1H3,(H,20,24)(H,22,23)/b21-11+. The number of hydrogen-bond acceptors (Lipinski definition) is 3. The maximum Gasteiger partial charge on any atom is 0.259 e. The van der Waals surface area contributed by atoms with Gasteiger partial charge in [-0.25, -0.2) is 9.82 Å². The summed E-state index contributed by atoms with van der Waals surface area (Å²) < 4.78 is 13.5. The van der Waals surface area contributed by atoms with E-state index in [1.165, 1.54) is 12.1 Å². The lowest BCUT2D eigenvalue weighted by atomic mass is 10.1. The number of amides is 2. The largest absolute Gasteiger partial charge is 0.343 e. The number of halogens is 2. The summed E-state index contributed by atoms with van der Waals surface area (Å²) >= 11 is 3.27. The number of hydrazone groups is 1.